The fraction of sp³-hybridized carbons (Fsp3) is 0.385. The number of nitrogens with zero attached hydrogens (tertiary/aromatic N) is 1. The average Bonchev–Trinajstić information content (AvgIpc) is 2.86. The summed E-state index contributed by atoms with van der Waals surface area (Å²) in [5.74, 6) is -1.71. The molecule has 1 aliphatic rings. The number of nitrogens with one attached hydrogen (secondary N) is 1. The van der Waals surface area contributed by atoms with Crippen molar-refractivity contribution in [3.63, 3.8) is 0 Å². The SMILES string of the molecule is O=C(O)C1CCN(C(=O)NCc2cccc(F)c2)C1. The minimum absolute atomic E-state index is 0.227. The zero-order chi connectivity index (χ0) is 13.8. The third-order valence-electron chi connectivity index (χ3n) is 3.16. The molecule has 0 radical (unpaired) electrons. The van der Waals surface area contributed by atoms with E-state index < -0.39 is 11.9 Å². The first-order valence-corrected chi connectivity index (χ1v) is 6.06. The first-order chi connectivity index (χ1) is 9.06. The number of likely N-dealkylation sites (tertiary alicyclic amines) is 1. The summed E-state index contributed by atoms with van der Waals surface area (Å²) in [5, 5.41) is 11.5. The second kappa shape index (κ2) is 5.69. The molecule has 2 N–H and O–H groups in total. The first-order valence-electron chi connectivity index (χ1n) is 6.06. The molecule has 0 aromatic heterocycles. The Labute approximate surface area is 110 Å². The van der Waals surface area contributed by atoms with Gasteiger partial charge in [-0.1, -0.05) is 12.1 Å². The third kappa shape index (κ3) is 3.43. The highest BCUT2D eigenvalue weighted by atomic mass is 19.1. The summed E-state index contributed by atoms with van der Waals surface area (Å²) in [6.07, 6.45) is 0.475. The van der Waals surface area contributed by atoms with Crippen LogP contribution in [0.2, 0.25) is 0 Å². The molecule has 1 aromatic rings. The molecule has 0 aliphatic carbocycles. The van der Waals surface area contributed by atoms with Crippen LogP contribution in [0.1, 0.15) is 12.0 Å². The van der Waals surface area contributed by atoms with E-state index in [9.17, 15) is 14.0 Å². The molecule has 1 fully saturated rings. The molecular formula is C13H15FN2O3. The lowest BCUT2D eigenvalue weighted by molar-refractivity contribution is -0.141. The normalized spacial score (nSPS) is 18.4. The fourth-order valence-electron chi connectivity index (χ4n) is 2.08. The molecule has 1 aromatic carbocycles. The van der Waals surface area contributed by atoms with Crippen molar-refractivity contribution >= 4 is 12.0 Å². The van der Waals surface area contributed by atoms with Crippen molar-refractivity contribution in [3.8, 4) is 0 Å². The minimum Gasteiger partial charge on any atom is -0.481 e. The van der Waals surface area contributed by atoms with Crippen LogP contribution in [0.3, 0.4) is 0 Å². The van der Waals surface area contributed by atoms with Crippen molar-refractivity contribution in [1.82, 2.24) is 10.2 Å². The summed E-state index contributed by atoms with van der Waals surface area (Å²) < 4.78 is 12.9. The number of carbonyl (C=O) groups excluding carboxylic acids is 1. The van der Waals surface area contributed by atoms with E-state index in [-0.39, 0.29) is 24.9 Å². The van der Waals surface area contributed by atoms with Crippen molar-refractivity contribution in [2.24, 2.45) is 5.92 Å². The molecule has 1 heterocycles. The van der Waals surface area contributed by atoms with Gasteiger partial charge in [-0.3, -0.25) is 4.79 Å². The van der Waals surface area contributed by atoms with Gasteiger partial charge in [0.05, 0.1) is 5.92 Å². The van der Waals surface area contributed by atoms with Gasteiger partial charge in [-0.15, -0.1) is 0 Å². The Hall–Kier alpha value is -2.11. The first kappa shape index (κ1) is 13.3. The van der Waals surface area contributed by atoms with Gasteiger partial charge in [-0.25, -0.2) is 9.18 Å². The fourth-order valence-corrected chi connectivity index (χ4v) is 2.08. The molecule has 0 saturated carbocycles. The van der Waals surface area contributed by atoms with Crippen LogP contribution in [0.15, 0.2) is 24.3 Å². The maximum atomic E-state index is 12.9. The van der Waals surface area contributed by atoms with Crippen LogP contribution < -0.4 is 5.32 Å². The maximum absolute atomic E-state index is 12.9. The van der Waals surface area contributed by atoms with Crippen LogP contribution in [-0.4, -0.2) is 35.1 Å². The van der Waals surface area contributed by atoms with E-state index in [1.165, 1.54) is 17.0 Å². The summed E-state index contributed by atoms with van der Waals surface area (Å²) in [6.45, 7) is 0.890. The number of carboxylic acids is 1. The highest BCUT2D eigenvalue weighted by Crippen LogP contribution is 2.16. The van der Waals surface area contributed by atoms with Gasteiger partial charge >= 0.3 is 12.0 Å². The van der Waals surface area contributed by atoms with Gasteiger partial charge in [-0.05, 0) is 24.1 Å². The van der Waals surface area contributed by atoms with Crippen LogP contribution in [0.4, 0.5) is 9.18 Å². The Bertz CT molecular complexity index is 493. The van der Waals surface area contributed by atoms with Crippen LogP contribution in [0, 0.1) is 11.7 Å². The summed E-state index contributed by atoms with van der Waals surface area (Å²) in [5.41, 5.74) is 0.669. The zero-order valence-corrected chi connectivity index (χ0v) is 10.3. The predicted octanol–water partition coefficient (Wildman–Crippen LogP) is 1.44. The van der Waals surface area contributed by atoms with E-state index in [0.717, 1.165) is 0 Å². The number of benzene rings is 1. The predicted molar refractivity (Wildman–Crippen MR) is 66.0 cm³/mol. The average molecular weight is 266 g/mol. The molecule has 1 unspecified atom stereocenters. The lowest BCUT2D eigenvalue weighted by atomic mass is 10.1. The van der Waals surface area contributed by atoms with Crippen LogP contribution in [0.5, 0.6) is 0 Å². The van der Waals surface area contributed by atoms with Crippen molar-refractivity contribution in [3.05, 3.63) is 35.6 Å². The van der Waals surface area contributed by atoms with Gasteiger partial charge in [-0.2, -0.15) is 0 Å². The second-order valence-corrected chi connectivity index (χ2v) is 4.56. The topological polar surface area (TPSA) is 69.6 Å². The van der Waals surface area contributed by atoms with Crippen molar-refractivity contribution in [2.45, 2.75) is 13.0 Å². The zero-order valence-electron chi connectivity index (χ0n) is 10.3. The Morgan fingerprint density at radius 2 is 2.26 bits per heavy atom. The quantitative estimate of drug-likeness (QED) is 0.869. The second-order valence-electron chi connectivity index (χ2n) is 4.56. The Kier molecular flexibility index (Phi) is 3.99. The van der Waals surface area contributed by atoms with Crippen LogP contribution in [0.25, 0.3) is 0 Å². The van der Waals surface area contributed by atoms with Gasteiger partial charge < -0.3 is 15.3 Å². The van der Waals surface area contributed by atoms with Gasteiger partial charge in [0, 0.05) is 19.6 Å². The summed E-state index contributed by atoms with van der Waals surface area (Å²) in [6, 6.07) is 5.67. The van der Waals surface area contributed by atoms with Gasteiger partial charge in [0.25, 0.3) is 0 Å². The molecule has 2 rings (SSSR count). The molecule has 2 amide bonds. The van der Waals surface area contributed by atoms with Crippen molar-refractivity contribution in [2.75, 3.05) is 13.1 Å². The van der Waals surface area contributed by atoms with E-state index in [4.69, 9.17) is 5.11 Å². The van der Waals surface area contributed by atoms with Crippen molar-refractivity contribution in [1.29, 1.82) is 0 Å². The molecule has 1 aliphatic heterocycles. The standard InChI is InChI=1S/C13H15FN2O3/c14-11-3-1-2-9(6-11)7-15-13(19)16-5-4-10(8-16)12(17)18/h1-3,6,10H,4-5,7-8H2,(H,15,19)(H,17,18). The summed E-state index contributed by atoms with van der Waals surface area (Å²) in [4.78, 5) is 24.1. The number of amides is 2. The van der Waals surface area contributed by atoms with Gasteiger partial charge in [0.1, 0.15) is 5.82 Å². The highest BCUT2D eigenvalue weighted by molar-refractivity contribution is 5.77. The van der Waals surface area contributed by atoms with Crippen LogP contribution in [-0.2, 0) is 11.3 Å². The number of carboxylic acid groups (broad SMARTS) is 1. The molecule has 1 saturated heterocycles. The smallest absolute Gasteiger partial charge is 0.317 e. The highest BCUT2D eigenvalue weighted by Gasteiger charge is 2.30. The molecule has 19 heavy (non-hydrogen) atoms. The summed E-state index contributed by atoms with van der Waals surface area (Å²) in [7, 11) is 0. The number of rotatable bonds is 3. The lowest BCUT2D eigenvalue weighted by Gasteiger charge is -2.16. The number of hydrogen-bond acceptors (Lipinski definition) is 2. The number of carbonyl (C=O) groups is 2. The van der Waals surface area contributed by atoms with Crippen molar-refractivity contribution < 1.29 is 19.1 Å². The molecule has 0 bridgehead atoms. The van der Waals surface area contributed by atoms with Gasteiger partial charge in [0.2, 0.25) is 0 Å². The number of hydrogen-bond donors (Lipinski definition) is 2. The Morgan fingerprint density at radius 3 is 2.89 bits per heavy atom. The number of urea groups is 1. The third-order valence-corrected chi connectivity index (χ3v) is 3.16. The molecule has 6 heteroatoms. The number of halogens is 1. The maximum Gasteiger partial charge on any atom is 0.317 e. The van der Waals surface area contributed by atoms with Gasteiger partial charge in [0.15, 0.2) is 0 Å². The molecular weight excluding hydrogens is 251 g/mol. The molecule has 5 nitrogen and oxygen atoms in total. The van der Waals surface area contributed by atoms with E-state index in [0.29, 0.717) is 18.5 Å². The molecule has 1 atom stereocenters. The Balaban J connectivity index is 1.84. The van der Waals surface area contributed by atoms with Crippen LogP contribution >= 0.6 is 0 Å². The summed E-state index contributed by atoms with van der Waals surface area (Å²) >= 11 is 0. The molecule has 102 valence electrons. The van der Waals surface area contributed by atoms with E-state index in [1.54, 1.807) is 12.1 Å². The minimum atomic E-state index is -0.875. The molecule has 0 spiro atoms. The van der Waals surface area contributed by atoms with E-state index in [2.05, 4.69) is 5.32 Å². The number of aliphatic carboxylic acids is 1. The Morgan fingerprint density at radius 1 is 1.47 bits per heavy atom. The lowest BCUT2D eigenvalue weighted by Crippen LogP contribution is -2.38. The van der Waals surface area contributed by atoms with E-state index >= 15 is 0 Å². The largest absolute Gasteiger partial charge is 0.481 e. The monoisotopic (exact) mass is 266 g/mol. The van der Waals surface area contributed by atoms with E-state index in [1.807, 2.05) is 0 Å².